The number of hydrogen-bond acceptors (Lipinski definition) is 5. The third-order valence-electron chi connectivity index (χ3n) is 4.89. The summed E-state index contributed by atoms with van der Waals surface area (Å²) in [6, 6.07) is 18.6. The normalized spacial score (nSPS) is 10.6. The summed E-state index contributed by atoms with van der Waals surface area (Å²) in [4.78, 5) is 16.9. The Morgan fingerprint density at radius 1 is 1.09 bits per heavy atom. The summed E-state index contributed by atoms with van der Waals surface area (Å²) in [5.41, 5.74) is 3.35. The topological polar surface area (TPSA) is 74.1 Å². The molecule has 0 radical (unpaired) electrons. The van der Waals surface area contributed by atoms with E-state index in [-0.39, 0.29) is 12.5 Å². The fourth-order valence-corrected chi connectivity index (χ4v) is 3.34. The van der Waals surface area contributed by atoms with Gasteiger partial charge in [-0.1, -0.05) is 24.3 Å². The number of anilines is 1. The van der Waals surface area contributed by atoms with Crippen LogP contribution in [0.2, 0.25) is 0 Å². The van der Waals surface area contributed by atoms with Crippen LogP contribution in [0, 0.1) is 0 Å². The lowest BCUT2D eigenvalue weighted by Crippen LogP contribution is -2.20. The van der Waals surface area contributed by atoms with Gasteiger partial charge >= 0.3 is 0 Å². The van der Waals surface area contributed by atoms with Gasteiger partial charge in [0.2, 0.25) is 0 Å². The second-order valence-corrected chi connectivity index (χ2v) is 7.33. The second kappa shape index (κ2) is 10.4. The van der Waals surface area contributed by atoms with Crippen molar-refractivity contribution >= 4 is 17.2 Å². The van der Waals surface area contributed by atoms with Crippen molar-refractivity contribution < 1.29 is 19.0 Å². The Kier molecular flexibility index (Phi) is 6.90. The van der Waals surface area contributed by atoms with Gasteiger partial charge in [0, 0.05) is 24.1 Å². The number of methoxy groups -OCH3 is 1. The van der Waals surface area contributed by atoms with Crippen molar-refractivity contribution in [1.29, 1.82) is 0 Å². The molecule has 2 heterocycles. The number of imidazole rings is 1. The maximum atomic E-state index is 12.4. The van der Waals surface area contributed by atoms with Crippen LogP contribution in [0.15, 0.2) is 85.7 Å². The molecule has 4 aromatic rings. The average molecular weight is 444 g/mol. The molecule has 2 aromatic heterocycles. The van der Waals surface area contributed by atoms with Gasteiger partial charge in [-0.15, -0.1) is 6.58 Å². The Morgan fingerprint density at radius 3 is 2.82 bits per heavy atom. The lowest BCUT2D eigenvalue weighted by atomic mass is 10.1. The summed E-state index contributed by atoms with van der Waals surface area (Å²) in [7, 11) is 1.57. The fourth-order valence-electron chi connectivity index (χ4n) is 3.34. The van der Waals surface area contributed by atoms with Crippen LogP contribution < -0.4 is 19.5 Å². The number of carbonyl (C=O) groups is 1. The Morgan fingerprint density at radius 2 is 2.00 bits per heavy atom. The van der Waals surface area contributed by atoms with E-state index in [1.54, 1.807) is 25.3 Å². The molecule has 7 nitrogen and oxygen atoms in total. The monoisotopic (exact) mass is 443 g/mol. The van der Waals surface area contributed by atoms with Gasteiger partial charge in [0.05, 0.1) is 12.8 Å². The lowest BCUT2D eigenvalue weighted by molar-refractivity contribution is -0.118. The van der Waals surface area contributed by atoms with E-state index in [1.165, 1.54) is 0 Å². The quantitative estimate of drug-likeness (QED) is 0.361. The molecule has 0 saturated heterocycles. The molecule has 33 heavy (non-hydrogen) atoms. The van der Waals surface area contributed by atoms with Crippen molar-refractivity contribution in [3.05, 3.63) is 97.0 Å². The summed E-state index contributed by atoms with van der Waals surface area (Å²) >= 11 is 0. The predicted molar refractivity (Wildman–Crippen MR) is 127 cm³/mol. The van der Waals surface area contributed by atoms with Crippen molar-refractivity contribution in [1.82, 2.24) is 9.38 Å². The predicted octanol–water partition coefficient (Wildman–Crippen LogP) is 4.67. The molecule has 7 heteroatoms. The van der Waals surface area contributed by atoms with Crippen LogP contribution in [-0.2, 0) is 17.8 Å². The Bertz CT molecular complexity index is 1230. The molecular weight excluding hydrogens is 418 g/mol. The van der Waals surface area contributed by atoms with Crippen molar-refractivity contribution in [2.24, 2.45) is 0 Å². The molecule has 4 rings (SSSR count). The summed E-state index contributed by atoms with van der Waals surface area (Å²) < 4.78 is 18.8. The third kappa shape index (κ3) is 5.71. The first-order chi connectivity index (χ1) is 16.1. The van der Waals surface area contributed by atoms with Gasteiger partial charge in [0.1, 0.15) is 18.0 Å². The summed E-state index contributed by atoms with van der Waals surface area (Å²) in [5.74, 6) is 1.42. The van der Waals surface area contributed by atoms with Crippen LogP contribution in [0.5, 0.6) is 17.2 Å². The number of pyridine rings is 1. The highest BCUT2D eigenvalue weighted by Gasteiger charge is 2.10. The van der Waals surface area contributed by atoms with Gasteiger partial charge in [-0.05, 0) is 48.4 Å². The molecule has 1 N–H and O–H groups in total. The highest BCUT2D eigenvalue weighted by molar-refractivity contribution is 5.92. The Labute approximate surface area is 192 Å². The zero-order valence-electron chi connectivity index (χ0n) is 18.4. The molecule has 0 aliphatic heterocycles. The number of hydrogen-bond donors (Lipinski definition) is 1. The SMILES string of the molecule is C=CCc1ccc(OCC(=O)Nc2cccc(OCc3cn4ccccc4n3)c2)c(OC)c1. The van der Waals surface area contributed by atoms with Crippen LogP contribution in [0.1, 0.15) is 11.3 Å². The maximum Gasteiger partial charge on any atom is 0.262 e. The molecule has 0 bridgehead atoms. The minimum atomic E-state index is -0.287. The van der Waals surface area contributed by atoms with Crippen molar-refractivity contribution in [2.75, 3.05) is 19.0 Å². The first-order valence-corrected chi connectivity index (χ1v) is 10.5. The highest BCUT2D eigenvalue weighted by Crippen LogP contribution is 2.28. The molecule has 0 saturated carbocycles. The summed E-state index contributed by atoms with van der Waals surface area (Å²) in [6.07, 6.45) is 6.41. The Balaban J connectivity index is 1.32. The van der Waals surface area contributed by atoms with Gasteiger partial charge < -0.3 is 23.9 Å². The van der Waals surface area contributed by atoms with E-state index in [2.05, 4.69) is 16.9 Å². The van der Waals surface area contributed by atoms with Crippen molar-refractivity contribution in [2.45, 2.75) is 13.0 Å². The zero-order chi connectivity index (χ0) is 23.0. The number of rotatable bonds is 10. The number of carbonyl (C=O) groups excluding carboxylic acids is 1. The number of amides is 1. The molecule has 2 aromatic carbocycles. The number of fused-ring (bicyclic) bond motifs is 1. The molecule has 0 unspecified atom stereocenters. The molecule has 0 aliphatic rings. The highest BCUT2D eigenvalue weighted by atomic mass is 16.5. The third-order valence-corrected chi connectivity index (χ3v) is 4.89. The van der Waals surface area contributed by atoms with Gasteiger partial charge in [0.15, 0.2) is 18.1 Å². The Hall–Kier alpha value is -4.26. The number of nitrogens with one attached hydrogen (secondary N) is 1. The minimum Gasteiger partial charge on any atom is -0.493 e. The van der Waals surface area contributed by atoms with E-state index in [9.17, 15) is 4.79 Å². The van der Waals surface area contributed by atoms with Crippen LogP contribution >= 0.6 is 0 Å². The molecule has 0 aliphatic carbocycles. The summed E-state index contributed by atoms with van der Waals surface area (Å²) in [6.45, 7) is 3.91. The van der Waals surface area contributed by atoms with E-state index < -0.39 is 0 Å². The smallest absolute Gasteiger partial charge is 0.262 e. The number of nitrogens with zero attached hydrogens (tertiary/aromatic N) is 2. The van der Waals surface area contributed by atoms with Gasteiger partial charge in [0.25, 0.3) is 5.91 Å². The van der Waals surface area contributed by atoms with E-state index >= 15 is 0 Å². The van der Waals surface area contributed by atoms with Crippen molar-refractivity contribution in [3.8, 4) is 17.2 Å². The number of aromatic nitrogens is 2. The maximum absolute atomic E-state index is 12.4. The number of allylic oxidation sites excluding steroid dienone is 1. The number of ether oxygens (including phenoxy) is 3. The summed E-state index contributed by atoms with van der Waals surface area (Å²) in [5, 5.41) is 2.82. The average Bonchev–Trinajstić information content (AvgIpc) is 3.25. The molecular formula is C26H25N3O4. The van der Waals surface area contributed by atoms with E-state index in [0.717, 1.165) is 23.3 Å². The first-order valence-electron chi connectivity index (χ1n) is 10.5. The molecule has 0 spiro atoms. The second-order valence-electron chi connectivity index (χ2n) is 7.33. The first kappa shape index (κ1) is 22.0. The standard InChI is InChI=1S/C26H25N3O4/c1-3-7-19-11-12-23(24(14-19)31-2)33-18-26(30)28-20-8-6-9-22(15-20)32-17-21-16-29-13-5-4-10-25(29)27-21/h3-6,8-16H,1,7,17-18H2,2H3,(H,28,30). The van der Waals surface area contributed by atoms with E-state index in [1.807, 2.05) is 65.3 Å². The van der Waals surface area contributed by atoms with Crippen LogP contribution in [-0.4, -0.2) is 29.0 Å². The molecule has 0 fully saturated rings. The van der Waals surface area contributed by atoms with Crippen LogP contribution in [0.3, 0.4) is 0 Å². The molecule has 1 amide bonds. The van der Waals surface area contributed by atoms with Gasteiger partial charge in [-0.3, -0.25) is 4.79 Å². The fraction of sp³-hybridized carbons (Fsp3) is 0.154. The van der Waals surface area contributed by atoms with Gasteiger partial charge in [-0.25, -0.2) is 4.98 Å². The lowest BCUT2D eigenvalue weighted by Gasteiger charge is -2.12. The van der Waals surface area contributed by atoms with Crippen molar-refractivity contribution in [3.63, 3.8) is 0 Å². The molecule has 168 valence electrons. The largest absolute Gasteiger partial charge is 0.493 e. The molecule has 0 atom stereocenters. The van der Waals surface area contributed by atoms with E-state index in [0.29, 0.717) is 29.5 Å². The van der Waals surface area contributed by atoms with E-state index in [4.69, 9.17) is 14.2 Å². The number of benzene rings is 2. The minimum absolute atomic E-state index is 0.149. The van der Waals surface area contributed by atoms with Gasteiger partial charge in [-0.2, -0.15) is 0 Å². The van der Waals surface area contributed by atoms with Crippen LogP contribution in [0.4, 0.5) is 5.69 Å². The van der Waals surface area contributed by atoms with Crippen LogP contribution in [0.25, 0.3) is 5.65 Å². The zero-order valence-corrected chi connectivity index (χ0v) is 18.4.